The maximum atomic E-state index is 13.4. The molecule has 0 saturated heterocycles. The molecule has 0 spiro atoms. The summed E-state index contributed by atoms with van der Waals surface area (Å²) in [6.45, 7) is 0. The number of thiophene rings is 1. The summed E-state index contributed by atoms with van der Waals surface area (Å²) in [5.41, 5.74) is 6.63. The minimum atomic E-state index is -0.117. The number of benzene rings is 5. The Hall–Kier alpha value is -4.74. The molecule has 0 N–H and O–H groups in total. The van der Waals surface area contributed by atoms with Gasteiger partial charge in [-0.1, -0.05) is 72.8 Å². The van der Waals surface area contributed by atoms with Crippen LogP contribution in [0.1, 0.15) is 0 Å². The van der Waals surface area contributed by atoms with Crippen LogP contribution in [0.3, 0.4) is 0 Å². The lowest BCUT2D eigenvalue weighted by Crippen LogP contribution is -2.12. The maximum absolute atomic E-state index is 13.4. The van der Waals surface area contributed by atoms with Crippen molar-refractivity contribution in [3.8, 4) is 22.3 Å². The molecule has 0 fully saturated rings. The van der Waals surface area contributed by atoms with Crippen molar-refractivity contribution in [3.05, 3.63) is 120 Å². The number of imidazole rings is 1. The Morgan fingerprint density at radius 1 is 0.703 bits per heavy atom. The van der Waals surface area contributed by atoms with Crippen LogP contribution in [-0.4, -0.2) is 9.38 Å². The Kier molecular flexibility index (Phi) is 4.22. The molecule has 0 aliphatic rings. The Labute approximate surface area is 214 Å². The minimum Gasteiger partial charge on any atom is -0.424 e. The topological polar surface area (TPSA) is 47.5 Å². The highest BCUT2D eigenvalue weighted by molar-refractivity contribution is 7.26. The zero-order chi connectivity index (χ0) is 24.5. The highest BCUT2D eigenvalue weighted by atomic mass is 32.1. The molecule has 0 bridgehead atoms. The first-order valence-electron chi connectivity index (χ1n) is 12.1. The van der Waals surface area contributed by atoms with Gasteiger partial charge >= 0.3 is 5.84 Å². The number of aromatic nitrogens is 2. The van der Waals surface area contributed by atoms with Crippen LogP contribution >= 0.6 is 11.3 Å². The van der Waals surface area contributed by atoms with Crippen LogP contribution in [0.5, 0.6) is 0 Å². The molecular weight excluding hydrogens is 476 g/mol. The first kappa shape index (κ1) is 20.5. The average molecular weight is 495 g/mol. The molecule has 0 aliphatic carbocycles. The zero-order valence-corrected chi connectivity index (χ0v) is 20.3. The fraction of sp³-hybridized carbons (Fsp3) is 0. The van der Waals surface area contributed by atoms with Crippen molar-refractivity contribution >= 4 is 59.4 Å². The summed E-state index contributed by atoms with van der Waals surface area (Å²) in [4.78, 5) is 18.3. The molecule has 0 atom stereocenters. The van der Waals surface area contributed by atoms with E-state index in [9.17, 15) is 4.79 Å². The van der Waals surface area contributed by atoms with Crippen molar-refractivity contribution in [1.29, 1.82) is 0 Å². The highest BCUT2D eigenvalue weighted by Gasteiger charge is 2.20. The molecule has 0 radical (unpaired) electrons. The number of nitrogens with zero attached hydrogens (tertiary/aromatic N) is 2. The van der Waals surface area contributed by atoms with Gasteiger partial charge in [-0.15, -0.1) is 11.3 Å². The van der Waals surface area contributed by atoms with Crippen molar-refractivity contribution < 1.29 is 4.42 Å². The van der Waals surface area contributed by atoms with Crippen molar-refractivity contribution in [1.82, 2.24) is 9.38 Å². The van der Waals surface area contributed by atoms with Crippen molar-refractivity contribution in [2.75, 3.05) is 0 Å². The van der Waals surface area contributed by atoms with Crippen LogP contribution in [0.4, 0.5) is 0 Å². The number of fused-ring (bicyclic) bond motifs is 8. The molecule has 0 aliphatic heterocycles. The summed E-state index contributed by atoms with van der Waals surface area (Å²) < 4.78 is 10.0. The largest absolute Gasteiger partial charge is 0.424 e. The molecular formula is C32H18N2O2S. The second-order valence-corrected chi connectivity index (χ2v) is 10.2. The lowest BCUT2D eigenvalue weighted by molar-refractivity contribution is 0.616. The standard InChI is InChI=1S/C32H18N2O2S/c35-31-22-13-7-8-14-26(22)36-32-33-29-25(34(31)32)15-16-27-28(29)24-18-21(19-9-3-1-4-10-19)17-23(30(24)37-27)20-11-5-2-6-12-20/h1-18H. The third kappa shape index (κ3) is 2.95. The van der Waals surface area contributed by atoms with Gasteiger partial charge in [0, 0.05) is 25.7 Å². The van der Waals surface area contributed by atoms with Gasteiger partial charge in [0.05, 0.1) is 10.9 Å². The van der Waals surface area contributed by atoms with Gasteiger partial charge in [0.2, 0.25) is 0 Å². The molecule has 5 heteroatoms. The zero-order valence-electron chi connectivity index (χ0n) is 19.5. The van der Waals surface area contributed by atoms with E-state index >= 15 is 0 Å². The van der Waals surface area contributed by atoms with E-state index in [1.807, 2.05) is 36.4 Å². The Bertz CT molecular complexity index is 2210. The smallest absolute Gasteiger partial charge is 0.310 e. The van der Waals surface area contributed by atoms with Gasteiger partial charge in [-0.2, -0.15) is 4.98 Å². The number of rotatable bonds is 2. The fourth-order valence-corrected chi connectivity index (χ4v) is 6.55. The van der Waals surface area contributed by atoms with E-state index < -0.39 is 0 Å². The van der Waals surface area contributed by atoms with E-state index in [1.165, 1.54) is 15.8 Å². The molecule has 8 aromatic rings. The van der Waals surface area contributed by atoms with E-state index in [1.54, 1.807) is 21.8 Å². The second kappa shape index (κ2) is 7.63. The minimum absolute atomic E-state index is 0.117. The molecule has 4 nitrogen and oxygen atoms in total. The van der Waals surface area contributed by atoms with Crippen LogP contribution < -0.4 is 5.56 Å². The summed E-state index contributed by atoms with van der Waals surface area (Å²) in [6.07, 6.45) is 0. The highest BCUT2D eigenvalue weighted by Crippen LogP contribution is 2.44. The van der Waals surface area contributed by atoms with Crippen LogP contribution in [0.15, 0.2) is 118 Å². The average Bonchev–Trinajstić information content (AvgIpc) is 3.52. The van der Waals surface area contributed by atoms with E-state index in [4.69, 9.17) is 9.40 Å². The lowest BCUT2D eigenvalue weighted by Gasteiger charge is -2.09. The van der Waals surface area contributed by atoms with Gasteiger partial charge < -0.3 is 4.42 Å². The predicted molar refractivity (Wildman–Crippen MR) is 153 cm³/mol. The quantitative estimate of drug-likeness (QED) is 0.243. The molecule has 0 unspecified atom stereocenters. The van der Waals surface area contributed by atoms with Gasteiger partial charge in [-0.3, -0.25) is 4.79 Å². The number of para-hydroxylation sites is 1. The van der Waals surface area contributed by atoms with Crippen molar-refractivity contribution in [2.45, 2.75) is 0 Å². The molecule has 174 valence electrons. The fourth-order valence-electron chi connectivity index (χ4n) is 5.33. The molecule has 8 rings (SSSR count). The van der Waals surface area contributed by atoms with Crippen LogP contribution in [0.2, 0.25) is 0 Å². The Balaban J connectivity index is 1.55. The van der Waals surface area contributed by atoms with Crippen LogP contribution in [0.25, 0.3) is 70.3 Å². The first-order chi connectivity index (χ1) is 18.3. The van der Waals surface area contributed by atoms with Gasteiger partial charge in [0.1, 0.15) is 11.1 Å². The summed E-state index contributed by atoms with van der Waals surface area (Å²) in [5.74, 6) is 0.313. The SMILES string of the molecule is O=c1c2ccccc2oc2nc3c4c(ccc3n12)sc1c(-c2ccccc2)cc(-c2ccccc2)cc14. The third-order valence-corrected chi connectivity index (χ3v) is 8.25. The van der Waals surface area contributed by atoms with E-state index in [2.05, 4.69) is 66.7 Å². The summed E-state index contributed by atoms with van der Waals surface area (Å²) in [5, 5.41) is 2.73. The molecule has 0 amide bonds. The van der Waals surface area contributed by atoms with E-state index in [0.29, 0.717) is 16.8 Å². The lowest BCUT2D eigenvalue weighted by atomic mass is 9.96. The van der Waals surface area contributed by atoms with Gasteiger partial charge in [-0.25, -0.2) is 4.40 Å². The van der Waals surface area contributed by atoms with Crippen molar-refractivity contribution in [3.63, 3.8) is 0 Å². The van der Waals surface area contributed by atoms with Crippen LogP contribution in [-0.2, 0) is 0 Å². The van der Waals surface area contributed by atoms with E-state index in [0.717, 1.165) is 37.6 Å². The summed E-state index contributed by atoms with van der Waals surface area (Å²) >= 11 is 1.76. The first-order valence-corrected chi connectivity index (χ1v) is 12.9. The van der Waals surface area contributed by atoms with E-state index in [-0.39, 0.29) is 5.56 Å². The number of hydrogen-bond acceptors (Lipinski definition) is 4. The number of hydrogen-bond donors (Lipinski definition) is 0. The molecule has 0 saturated carbocycles. The Morgan fingerprint density at radius 3 is 2.24 bits per heavy atom. The molecule has 3 heterocycles. The van der Waals surface area contributed by atoms with Gasteiger partial charge in [0.15, 0.2) is 0 Å². The van der Waals surface area contributed by atoms with Crippen molar-refractivity contribution in [2.24, 2.45) is 0 Å². The normalized spacial score (nSPS) is 11.9. The summed E-state index contributed by atoms with van der Waals surface area (Å²) in [7, 11) is 0. The maximum Gasteiger partial charge on any atom is 0.310 e. The Morgan fingerprint density at radius 2 is 1.43 bits per heavy atom. The molecule has 3 aromatic heterocycles. The third-order valence-electron chi connectivity index (χ3n) is 7.04. The summed E-state index contributed by atoms with van der Waals surface area (Å²) in [6, 6.07) is 36.9. The van der Waals surface area contributed by atoms with Gasteiger partial charge in [0.25, 0.3) is 5.56 Å². The molecule has 5 aromatic carbocycles. The molecule has 37 heavy (non-hydrogen) atoms. The predicted octanol–water partition coefficient (Wildman–Crippen LogP) is 8.30. The van der Waals surface area contributed by atoms with Crippen LogP contribution in [0, 0.1) is 0 Å². The van der Waals surface area contributed by atoms with Gasteiger partial charge in [-0.05, 0) is 53.1 Å². The second-order valence-electron chi connectivity index (χ2n) is 9.17. The monoisotopic (exact) mass is 494 g/mol.